The van der Waals surface area contributed by atoms with Gasteiger partial charge < -0.3 is 4.42 Å². The van der Waals surface area contributed by atoms with Crippen LogP contribution in [0.2, 0.25) is 0 Å². The fourth-order valence-corrected chi connectivity index (χ4v) is 7.04. The van der Waals surface area contributed by atoms with Crippen LogP contribution in [0.4, 0.5) is 0 Å². The van der Waals surface area contributed by atoms with Gasteiger partial charge in [0.2, 0.25) is 0 Å². The molecule has 0 bridgehead atoms. The molecule has 0 fully saturated rings. The summed E-state index contributed by atoms with van der Waals surface area (Å²) < 4.78 is 7.13. The zero-order valence-corrected chi connectivity index (χ0v) is 24.4. The minimum absolute atomic E-state index is 0.866. The fraction of sp³-hybridized carbons (Fsp3) is 0. The Morgan fingerprint density at radius 3 is 1.64 bits per heavy atom. The number of hydrogen-bond donors (Lipinski definition) is 0. The summed E-state index contributed by atoms with van der Waals surface area (Å²) in [4.78, 5) is 4.41. The van der Waals surface area contributed by atoms with E-state index in [1.807, 2.05) is 18.5 Å². The van der Waals surface area contributed by atoms with Gasteiger partial charge in [-0.05, 0) is 55.1 Å². The lowest BCUT2D eigenvalue weighted by Gasteiger charge is -2.18. The molecule has 0 unspecified atom stereocenters. The normalized spacial score (nSPS) is 11.6. The van der Waals surface area contributed by atoms with Gasteiger partial charge in [0.1, 0.15) is 11.3 Å². The first kappa shape index (κ1) is 25.5. The summed E-state index contributed by atoms with van der Waals surface area (Å²) >= 11 is 0. The minimum atomic E-state index is 0.866. The number of fused-ring (bicyclic) bond motifs is 4. The maximum absolute atomic E-state index is 7.13. The minimum Gasteiger partial charge on any atom is -0.455 e. The van der Waals surface area contributed by atoms with Crippen LogP contribution in [-0.2, 0) is 0 Å². The summed E-state index contributed by atoms with van der Waals surface area (Å²) in [6.07, 6.45) is 3.71. The van der Waals surface area contributed by atoms with E-state index in [0.29, 0.717) is 0 Å². The Kier molecular flexibility index (Phi) is 5.85. The highest BCUT2D eigenvalue weighted by Gasteiger charge is 2.25. The molecule has 0 radical (unpaired) electrons. The van der Waals surface area contributed by atoms with Crippen LogP contribution in [0.1, 0.15) is 0 Å². The van der Waals surface area contributed by atoms with Gasteiger partial charge in [-0.25, -0.2) is 0 Å². The molecule has 0 aliphatic carbocycles. The third-order valence-electron chi connectivity index (χ3n) is 8.97. The van der Waals surface area contributed by atoms with Gasteiger partial charge in [0.05, 0.1) is 0 Å². The first-order valence-corrected chi connectivity index (χ1v) is 15.3. The Balaban J connectivity index is 1.45. The van der Waals surface area contributed by atoms with Gasteiger partial charge in [-0.15, -0.1) is 0 Å². The van der Waals surface area contributed by atoms with Crippen LogP contribution in [0, 0.1) is 0 Å². The molecule has 0 N–H and O–H groups in total. The van der Waals surface area contributed by atoms with Crippen molar-refractivity contribution in [2.45, 2.75) is 0 Å². The van der Waals surface area contributed by atoms with Crippen molar-refractivity contribution in [3.8, 4) is 44.7 Å². The average molecular weight is 574 g/mol. The predicted molar refractivity (Wildman–Crippen MR) is 188 cm³/mol. The van der Waals surface area contributed by atoms with Crippen molar-refractivity contribution in [3.63, 3.8) is 0 Å². The lowest BCUT2D eigenvalue weighted by atomic mass is 9.85. The van der Waals surface area contributed by atoms with Gasteiger partial charge in [-0.3, -0.25) is 4.98 Å². The van der Waals surface area contributed by atoms with Crippen molar-refractivity contribution in [2.24, 2.45) is 0 Å². The zero-order valence-electron chi connectivity index (χ0n) is 24.4. The molecule has 2 aromatic heterocycles. The molecule has 45 heavy (non-hydrogen) atoms. The summed E-state index contributed by atoms with van der Waals surface area (Å²) in [6, 6.07) is 54.0. The van der Waals surface area contributed by atoms with Gasteiger partial charge in [-0.2, -0.15) is 0 Å². The highest BCUT2D eigenvalue weighted by molar-refractivity contribution is 6.25. The summed E-state index contributed by atoms with van der Waals surface area (Å²) in [5.74, 6) is 0.879. The van der Waals surface area contributed by atoms with Crippen molar-refractivity contribution in [3.05, 3.63) is 164 Å². The third-order valence-corrected chi connectivity index (χ3v) is 8.97. The van der Waals surface area contributed by atoms with Crippen LogP contribution in [-0.4, -0.2) is 4.98 Å². The molecule has 2 heteroatoms. The van der Waals surface area contributed by atoms with E-state index < -0.39 is 0 Å². The van der Waals surface area contributed by atoms with E-state index in [1.54, 1.807) is 0 Å². The van der Waals surface area contributed by atoms with Gasteiger partial charge >= 0.3 is 0 Å². The number of nitrogens with zero attached hydrogens (tertiary/aromatic N) is 1. The number of para-hydroxylation sites is 1. The molecule has 0 amide bonds. The van der Waals surface area contributed by atoms with E-state index in [1.165, 1.54) is 43.4 Å². The van der Waals surface area contributed by atoms with Crippen molar-refractivity contribution >= 4 is 43.3 Å². The van der Waals surface area contributed by atoms with E-state index in [0.717, 1.165) is 44.5 Å². The second kappa shape index (κ2) is 10.3. The van der Waals surface area contributed by atoms with Gasteiger partial charge in [0, 0.05) is 40.0 Å². The Labute approximate surface area is 260 Å². The zero-order chi connectivity index (χ0) is 29.7. The van der Waals surface area contributed by atoms with Gasteiger partial charge in [0.15, 0.2) is 0 Å². The second-order valence-corrected chi connectivity index (χ2v) is 11.5. The lowest BCUT2D eigenvalue weighted by Crippen LogP contribution is -1.92. The highest BCUT2D eigenvalue weighted by atomic mass is 16.3. The molecule has 0 spiro atoms. The van der Waals surface area contributed by atoms with E-state index in [-0.39, 0.29) is 0 Å². The quantitative estimate of drug-likeness (QED) is 0.196. The van der Waals surface area contributed by atoms with Crippen molar-refractivity contribution < 1.29 is 4.42 Å². The molecule has 2 nitrogen and oxygen atoms in total. The summed E-state index contributed by atoms with van der Waals surface area (Å²) in [5.41, 5.74) is 8.75. The molecule has 7 aromatic carbocycles. The summed E-state index contributed by atoms with van der Waals surface area (Å²) in [6.45, 7) is 0. The molecule has 0 saturated heterocycles. The third kappa shape index (κ3) is 4.00. The topological polar surface area (TPSA) is 26.0 Å². The monoisotopic (exact) mass is 573 g/mol. The first-order valence-electron chi connectivity index (χ1n) is 15.3. The SMILES string of the molecule is c1ccc(-c2c(-c3c4ccccc4c(-c4cccc5ccccc45)c4ccccc34)oc3c(-c4cccnc4)cccc23)cc1. The number of benzene rings is 7. The van der Waals surface area contributed by atoms with Crippen LogP contribution in [0.3, 0.4) is 0 Å². The largest absolute Gasteiger partial charge is 0.455 e. The Morgan fingerprint density at radius 2 is 0.933 bits per heavy atom. The van der Waals surface area contributed by atoms with Gasteiger partial charge in [-0.1, -0.05) is 146 Å². The molecular formula is C43H27NO. The Hall–Kier alpha value is -5.99. The lowest BCUT2D eigenvalue weighted by molar-refractivity contribution is 0.635. The fourth-order valence-electron chi connectivity index (χ4n) is 7.04. The van der Waals surface area contributed by atoms with Crippen LogP contribution >= 0.6 is 0 Å². The second-order valence-electron chi connectivity index (χ2n) is 11.5. The molecule has 0 aliphatic rings. The Morgan fingerprint density at radius 1 is 0.378 bits per heavy atom. The van der Waals surface area contributed by atoms with Crippen LogP contribution < -0.4 is 0 Å². The maximum atomic E-state index is 7.13. The number of aromatic nitrogens is 1. The van der Waals surface area contributed by atoms with Gasteiger partial charge in [0.25, 0.3) is 0 Å². The average Bonchev–Trinajstić information content (AvgIpc) is 3.50. The van der Waals surface area contributed by atoms with E-state index in [4.69, 9.17) is 4.42 Å². The molecule has 0 saturated carbocycles. The van der Waals surface area contributed by atoms with E-state index in [9.17, 15) is 0 Å². The number of furan rings is 1. The number of hydrogen-bond acceptors (Lipinski definition) is 2. The summed E-state index contributed by atoms with van der Waals surface area (Å²) in [7, 11) is 0. The summed E-state index contributed by atoms with van der Waals surface area (Å²) in [5, 5.41) is 8.31. The van der Waals surface area contributed by atoms with Crippen molar-refractivity contribution in [2.75, 3.05) is 0 Å². The van der Waals surface area contributed by atoms with Crippen LogP contribution in [0.5, 0.6) is 0 Å². The van der Waals surface area contributed by atoms with Crippen LogP contribution in [0.25, 0.3) is 88.0 Å². The van der Waals surface area contributed by atoms with E-state index >= 15 is 0 Å². The van der Waals surface area contributed by atoms with E-state index in [2.05, 4.69) is 151 Å². The molecule has 9 rings (SSSR count). The smallest absolute Gasteiger partial charge is 0.144 e. The van der Waals surface area contributed by atoms with Crippen molar-refractivity contribution in [1.29, 1.82) is 0 Å². The maximum Gasteiger partial charge on any atom is 0.144 e. The molecule has 210 valence electrons. The number of pyridine rings is 1. The number of rotatable bonds is 4. The highest BCUT2D eigenvalue weighted by Crippen LogP contribution is 2.50. The predicted octanol–water partition coefficient (Wildman–Crippen LogP) is 12.0. The first-order chi connectivity index (χ1) is 22.4. The molecule has 0 atom stereocenters. The standard InChI is InChI=1S/C43H27NO/c1-2-14-29(15-3-1)39-38-25-11-23-32(30-17-12-26-44-27-30)42(38)45-43(39)41-36-21-8-6-19-34(36)40(35-20-7-9-22-37(35)41)33-24-10-16-28-13-4-5-18-31(28)33/h1-27H. The Bertz CT molecular complexity index is 2460. The molecule has 2 heterocycles. The molecular weight excluding hydrogens is 546 g/mol. The van der Waals surface area contributed by atoms with Crippen LogP contribution in [0.15, 0.2) is 168 Å². The van der Waals surface area contributed by atoms with Crippen molar-refractivity contribution in [1.82, 2.24) is 4.98 Å². The molecule has 0 aliphatic heterocycles. The molecule has 9 aromatic rings.